The molecule has 0 spiro atoms. The Morgan fingerprint density at radius 2 is 2.33 bits per heavy atom. The zero-order valence-electron chi connectivity index (χ0n) is 11.5. The molecule has 0 bridgehead atoms. The van der Waals surface area contributed by atoms with Gasteiger partial charge < -0.3 is 15.0 Å². The topological polar surface area (TPSA) is 67.4 Å². The van der Waals surface area contributed by atoms with Crippen molar-refractivity contribution in [1.29, 1.82) is 0 Å². The Balaban J connectivity index is 1.54. The van der Waals surface area contributed by atoms with Crippen molar-refractivity contribution in [1.82, 2.24) is 15.3 Å². The van der Waals surface area contributed by atoms with Crippen molar-refractivity contribution in [3.05, 3.63) is 17.8 Å². The van der Waals surface area contributed by atoms with E-state index in [9.17, 15) is 4.79 Å². The number of morpholine rings is 1. The summed E-state index contributed by atoms with van der Waals surface area (Å²) in [6.45, 7) is 1.83. The van der Waals surface area contributed by atoms with E-state index >= 15 is 0 Å². The van der Waals surface area contributed by atoms with E-state index in [2.05, 4.69) is 20.2 Å². The molecule has 1 unspecified atom stereocenters. The summed E-state index contributed by atoms with van der Waals surface area (Å²) in [5.74, 6) is 0.895. The first kappa shape index (κ1) is 13.0. The molecule has 1 saturated carbocycles. The number of amides is 1. The number of anilines is 1. The maximum absolute atomic E-state index is 12.1. The number of rotatable bonds is 3. The number of nitrogens with one attached hydrogen (secondary N) is 1. The molecule has 2 fully saturated rings. The van der Waals surface area contributed by atoms with Gasteiger partial charge in [-0.2, -0.15) is 0 Å². The highest BCUT2D eigenvalue weighted by Gasteiger charge is 2.32. The average Bonchev–Trinajstić information content (AvgIpc) is 3.20. The number of ether oxygens (including phenoxy) is 1. The highest BCUT2D eigenvalue weighted by molar-refractivity contribution is 7.16. The van der Waals surface area contributed by atoms with Crippen LogP contribution in [0.4, 0.5) is 5.82 Å². The first-order valence-electron chi connectivity index (χ1n) is 7.16. The van der Waals surface area contributed by atoms with Crippen LogP contribution in [0.1, 0.15) is 12.8 Å². The second kappa shape index (κ2) is 5.23. The van der Waals surface area contributed by atoms with Gasteiger partial charge in [0, 0.05) is 12.6 Å². The minimum Gasteiger partial charge on any atom is -0.365 e. The Morgan fingerprint density at radius 1 is 1.43 bits per heavy atom. The van der Waals surface area contributed by atoms with E-state index in [1.165, 1.54) is 0 Å². The quantitative estimate of drug-likeness (QED) is 0.922. The molecule has 0 aromatic carbocycles. The second-order valence-corrected chi connectivity index (χ2v) is 6.32. The molecule has 1 amide bonds. The van der Waals surface area contributed by atoms with Gasteiger partial charge in [0.05, 0.1) is 18.5 Å². The molecule has 1 aliphatic carbocycles. The molecule has 1 aliphatic heterocycles. The Bertz CT molecular complexity index is 670. The van der Waals surface area contributed by atoms with E-state index in [0.29, 0.717) is 19.2 Å². The van der Waals surface area contributed by atoms with Gasteiger partial charge in [0.15, 0.2) is 6.10 Å². The van der Waals surface area contributed by atoms with Gasteiger partial charge in [-0.3, -0.25) is 4.79 Å². The van der Waals surface area contributed by atoms with Crippen LogP contribution in [0.25, 0.3) is 10.2 Å². The first-order valence-corrected chi connectivity index (χ1v) is 8.04. The summed E-state index contributed by atoms with van der Waals surface area (Å²) in [6.07, 6.45) is 3.35. The van der Waals surface area contributed by atoms with Crippen LogP contribution in [0.15, 0.2) is 17.8 Å². The predicted octanol–water partition coefficient (Wildman–Crippen LogP) is 1.18. The number of nitrogens with zero attached hydrogens (tertiary/aromatic N) is 3. The lowest BCUT2D eigenvalue weighted by Crippen LogP contribution is -2.50. The molecule has 2 aromatic rings. The van der Waals surface area contributed by atoms with Crippen LogP contribution >= 0.6 is 11.3 Å². The van der Waals surface area contributed by atoms with E-state index in [1.807, 2.05) is 11.4 Å². The van der Waals surface area contributed by atoms with Gasteiger partial charge in [-0.05, 0) is 24.3 Å². The molecule has 4 rings (SSSR count). The molecular formula is C14H16N4O2S. The third-order valence-electron chi connectivity index (χ3n) is 3.82. The maximum atomic E-state index is 12.1. The number of hydrogen-bond donors (Lipinski definition) is 1. The van der Waals surface area contributed by atoms with Crippen LogP contribution in [-0.2, 0) is 9.53 Å². The molecule has 1 saturated heterocycles. The molecule has 1 atom stereocenters. The van der Waals surface area contributed by atoms with Crippen LogP contribution in [0.5, 0.6) is 0 Å². The third-order valence-corrected chi connectivity index (χ3v) is 4.64. The van der Waals surface area contributed by atoms with Crippen LogP contribution in [0, 0.1) is 0 Å². The second-order valence-electron chi connectivity index (χ2n) is 5.43. The number of aromatic nitrogens is 2. The number of carbonyl (C=O) groups is 1. The standard InChI is InChI=1S/C14H16N4O2S/c19-13(17-9-1-2-9)11-7-18(4-5-20-11)12-10-3-6-21-14(10)16-8-15-12/h3,6,8-9,11H,1-2,4-5,7H2,(H,17,19). The third kappa shape index (κ3) is 2.58. The van der Waals surface area contributed by atoms with Crippen molar-refractivity contribution in [3.63, 3.8) is 0 Å². The molecule has 7 heteroatoms. The number of fused-ring (bicyclic) bond motifs is 1. The Kier molecular flexibility index (Phi) is 3.23. The Labute approximate surface area is 126 Å². The van der Waals surface area contributed by atoms with Gasteiger partial charge in [-0.1, -0.05) is 0 Å². The molecule has 3 heterocycles. The van der Waals surface area contributed by atoms with Crippen molar-refractivity contribution >= 4 is 33.3 Å². The van der Waals surface area contributed by atoms with Crippen molar-refractivity contribution in [2.24, 2.45) is 0 Å². The van der Waals surface area contributed by atoms with Gasteiger partial charge in [0.1, 0.15) is 17.0 Å². The minimum atomic E-state index is -0.414. The van der Waals surface area contributed by atoms with Gasteiger partial charge in [0.2, 0.25) is 0 Å². The lowest BCUT2D eigenvalue weighted by atomic mass is 10.2. The number of thiophene rings is 1. The highest BCUT2D eigenvalue weighted by atomic mass is 32.1. The fourth-order valence-corrected chi connectivity index (χ4v) is 3.28. The lowest BCUT2D eigenvalue weighted by molar-refractivity contribution is -0.133. The summed E-state index contributed by atoms with van der Waals surface area (Å²) in [7, 11) is 0. The molecule has 110 valence electrons. The summed E-state index contributed by atoms with van der Waals surface area (Å²) >= 11 is 1.60. The summed E-state index contributed by atoms with van der Waals surface area (Å²) in [4.78, 5) is 23.9. The van der Waals surface area contributed by atoms with E-state index in [1.54, 1.807) is 17.7 Å². The molecule has 2 aliphatic rings. The number of hydrogen-bond acceptors (Lipinski definition) is 6. The first-order chi connectivity index (χ1) is 10.3. The Morgan fingerprint density at radius 3 is 3.19 bits per heavy atom. The summed E-state index contributed by atoms with van der Waals surface area (Å²) in [6, 6.07) is 2.39. The maximum Gasteiger partial charge on any atom is 0.251 e. The lowest BCUT2D eigenvalue weighted by Gasteiger charge is -2.33. The van der Waals surface area contributed by atoms with E-state index in [-0.39, 0.29) is 5.91 Å². The molecule has 2 aromatic heterocycles. The average molecular weight is 304 g/mol. The molecule has 0 radical (unpaired) electrons. The minimum absolute atomic E-state index is 0.00202. The van der Waals surface area contributed by atoms with Crippen molar-refractivity contribution in [2.45, 2.75) is 25.0 Å². The molecule has 1 N–H and O–H groups in total. The van der Waals surface area contributed by atoms with Crippen LogP contribution in [0.2, 0.25) is 0 Å². The fraction of sp³-hybridized carbons (Fsp3) is 0.500. The van der Waals surface area contributed by atoms with E-state index in [4.69, 9.17) is 4.74 Å². The molecule has 6 nitrogen and oxygen atoms in total. The van der Waals surface area contributed by atoms with Gasteiger partial charge >= 0.3 is 0 Å². The smallest absolute Gasteiger partial charge is 0.251 e. The van der Waals surface area contributed by atoms with E-state index in [0.717, 1.165) is 35.4 Å². The van der Waals surface area contributed by atoms with Crippen LogP contribution in [-0.4, -0.2) is 47.7 Å². The van der Waals surface area contributed by atoms with Gasteiger partial charge in [0.25, 0.3) is 5.91 Å². The van der Waals surface area contributed by atoms with Gasteiger partial charge in [-0.25, -0.2) is 9.97 Å². The zero-order valence-corrected chi connectivity index (χ0v) is 12.3. The predicted molar refractivity (Wildman–Crippen MR) is 80.5 cm³/mol. The monoisotopic (exact) mass is 304 g/mol. The summed E-state index contributed by atoms with van der Waals surface area (Å²) in [5, 5.41) is 6.07. The zero-order chi connectivity index (χ0) is 14.2. The van der Waals surface area contributed by atoms with E-state index < -0.39 is 6.10 Å². The van der Waals surface area contributed by atoms with Crippen LogP contribution < -0.4 is 10.2 Å². The molecule has 21 heavy (non-hydrogen) atoms. The fourth-order valence-electron chi connectivity index (χ4n) is 2.55. The van der Waals surface area contributed by atoms with Crippen molar-refractivity contribution in [2.75, 3.05) is 24.6 Å². The largest absolute Gasteiger partial charge is 0.365 e. The van der Waals surface area contributed by atoms with Crippen molar-refractivity contribution in [3.8, 4) is 0 Å². The SMILES string of the molecule is O=C(NC1CC1)C1CN(c2ncnc3sccc23)CCO1. The normalized spacial score (nSPS) is 22.5. The van der Waals surface area contributed by atoms with Crippen LogP contribution in [0.3, 0.4) is 0 Å². The highest BCUT2D eigenvalue weighted by Crippen LogP contribution is 2.28. The summed E-state index contributed by atoms with van der Waals surface area (Å²) in [5.41, 5.74) is 0. The Hall–Kier alpha value is -1.73. The van der Waals surface area contributed by atoms with Gasteiger partial charge in [-0.15, -0.1) is 11.3 Å². The van der Waals surface area contributed by atoms with Crippen molar-refractivity contribution < 1.29 is 9.53 Å². The molecular weight excluding hydrogens is 288 g/mol. The number of carbonyl (C=O) groups excluding carboxylic acids is 1. The summed E-state index contributed by atoms with van der Waals surface area (Å²) < 4.78 is 5.62.